The molecule has 1 atom stereocenters. The van der Waals surface area contributed by atoms with Crippen LogP contribution in [-0.2, 0) is 6.42 Å². The third kappa shape index (κ3) is 2.23. The molecule has 1 aliphatic carbocycles. The Balaban J connectivity index is 1.87. The van der Waals surface area contributed by atoms with E-state index in [2.05, 4.69) is 4.98 Å². The number of hydrogen-bond donors (Lipinski definition) is 2. The Morgan fingerprint density at radius 2 is 2.29 bits per heavy atom. The molecule has 1 aromatic rings. The maximum absolute atomic E-state index is 6.02. The van der Waals surface area contributed by atoms with Gasteiger partial charge in [0.2, 0.25) is 0 Å². The first-order chi connectivity index (χ1) is 6.77. The van der Waals surface area contributed by atoms with Gasteiger partial charge in [0.15, 0.2) is 0 Å². The molecule has 4 N–H and O–H groups in total. The van der Waals surface area contributed by atoms with E-state index in [0.29, 0.717) is 6.04 Å². The minimum absolute atomic E-state index is 0.356. The normalized spacial score (nSPS) is 18.1. The zero-order chi connectivity index (χ0) is 9.97. The molecular weight excluding hydrogens is 174 g/mol. The summed E-state index contributed by atoms with van der Waals surface area (Å²) in [6, 6.07) is 2.20. The van der Waals surface area contributed by atoms with Crippen LogP contribution in [0.25, 0.3) is 0 Å². The van der Waals surface area contributed by atoms with E-state index in [9.17, 15) is 0 Å². The highest BCUT2D eigenvalue weighted by atomic mass is 14.7. The van der Waals surface area contributed by atoms with E-state index >= 15 is 0 Å². The second-order valence-electron chi connectivity index (χ2n) is 4.11. The van der Waals surface area contributed by atoms with Crippen molar-refractivity contribution in [3.8, 4) is 0 Å². The molecule has 14 heavy (non-hydrogen) atoms. The molecule has 0 radical (unpaired) electrons. The zero-order valence-electron chi connectivity index (χ0n) is 8.32. The van der Waals surface area contributed by atoms with Crippen LogP contribution >= 0.6 is 0 Å². The summed E-state index contributed by atoms with van der Waals surface area (Å²) in [5, 5.41) is 0. The topological polar surface area (TPSA) is 64.9 Å². The van der Waals surface area contributed by atoms with Crippen molar-refractivity contribution >= 4 is 5.69 Å². The van der Waals surface area contributed by atoms with Crippen molar-refractivity contribution in [3.05, 3.63) is 24.0 Å². The van der Waals surface area contributed by atoms with Gasteiger partial charge in [-0.3, -0.25) is 4.98 Å². The van der Waals surface area contributed by atoms with Gasteiger partial charge < -0.3 is 11.5 Å². The highest BCUT2D eigenvalue weighted by molar-refractivity contribution is 5.44. The lowest BCUT2D eigenvalue weighted by molar-refractivity contribution is 0.550. The molecule has 0 amide bonds. The highest BCUT2D eigenvalue weighted by Gasteiger charge is 2.27. The maximum atomic E-state index is 6.02. The van der Waals surface area contributed by atoms with Gasteiger partial charge in [0.1, 0.15) is 0 Å². The van der Waals surface area contributed by atoms with Gasteiger partial charge in [-0.1, -0.05) is 0 Å². The van der Waals surface area contributed by atoms with Gasteiger partial charge in [-0.2, -0.15) is 0 Å². The Kier molecular flexibility index (Phi) is 2.68. The minimum Gasteiger partial charge on any atom is -0.398 e. The third-order valence-corrected chi connectivity index (χ3v) is 2.92. The van der Waals surface area contributed by atoms with E-state index in [4.69, 9.17) is 11.5 Å². The van der Waals surface area contributed by atoms with Crippen LogP contribution in [0, 0.1) is 5.92 Å². The van der Waals surface area contributed by atoms with Crippen LogP contribution in [0.15, 0.2) is 18.5 Å². The number of aryl methyl sites for hydroxylation is 1. The van der Waals surface area contributed by atoms with E-state index in [-0.39, 0.29) is 0 Å². The summed E-state index contributed by atoms with van der Waals surface area (Å²) >= 11 is 0. The molecule has 1 aliphatic rings. The molecular formula is C11H17N3. The van der Waals surface area contributed by atoms with Crippen LogP contribution < -0.4 is 11.5 Å². The van der Waals surface area contributed by atoms with E-state index in [1.54, 1.807) is 6.20 Å². The van der Waals surface area contributed by atoms with Crippen LogP contribution in [0.2, 0.25) is 0 Å². The smallest absolute Gasteiger partial charge is 0.0377 e. The maximum Gasteiger partial charge on any atom is 0.0377 e. The number of nitrogens with two attached hydrogens (primary N) is 2. The number of nitrogen functional groups attached to an aromatic ring is 1. The van der Waals surface area contributed by atoms with Crippen molar-refractivity contribution in [2.75, 3.05) is 5.73 Å². The van der Waals surface area contributed by atoms with Crippen LogP contribution in [0.4, 0.5) is 5.69 Å². The average molecular weight is 191 g/mol. The Bertz CT molecular complexity index is 307. The number of aromatic nitrogens is 1. The predicted octanol–water partition coefficient (Wildman–Crippen LogP) is 1.33. The number of hydrogen-bond acceptors (Lipinski definition) is 3. The summed E-state index contributed by atoms with van der Waals surface area (Å²) in [6.45, 7) is 0. The summed E-state index contributed by atoms with van der Waals surface area (Å²) in [5.74, 6) is 0.771. The lowest BCUT2D eigenvalue weighted by Crippen LogP contribution is -2.23. The molecule has 2 rings (SSSR count). The summed E-state index contributed by atoms with van der Waals surface area (Å²) < 4.78 is 0. The molecule has 0 saturated heterocycles. The van der Waals surface area contributed by atoms with Gasteiger partial charge in [0, 0.05) is 24.1 Å². The lowest BCUT2D eigenvalue weighted by atomic mass is 10.0. The van der Waals surface area contributed by atoms with Gasteiger partial charge in [-0.15, -0.1) is 0 Å². The van der Waals surface area contributed by atoms with Gasteiger partial charge in [0.05, 0.1) is 0 Å². The Labute approximate surface area is 84.5 Å². The standard InChI is InChI=1S/C11H17N3/c12-10(8-1-2-8)4-3-9-7-14-6-5-11(9)13/h5-8,10H,1-4,12H2,(H2,13,14). The first-order valence-corrected chi connectivity index (χ1v) is 5.21. The number of pyridine rings is 1. The highest BCUT2D eigenvalue weighted by Crippen LogP contribution is 2.33. The molecule has 0 bridgehead atoms. The van der Waals surface area contributed by atoms with Crippen LogP contribution in [0.3, 0.4) is 0 Å². The number of anilines is 1. The minimum atomic E-state index is 0.356. The molecule has 1 heterocycles. The summed E-state index contributed by atoms with van der Waals surface area (Å²) in [4.78, 5) is 4.06. The quantitative estimate of drug-likeness (QED) is 0.754. The van der Waals surface area contributed by atoms with Crippen LogP contribution in [-0.4, -0.2) is 11.0 Å². The molecule has 1 saturated carbocycles. The third-order valence-electron chi connectivity index (χ3n) is 2.92. The van der Waals surface area contributed by atoms with E-state index in [0.717, 1.165) is 30.0 Å². The molecule has 1 fully saturated rings. The van der Waals surface area contributed by atoms with Crippen molar-refractivity contribution in [1.29, 1.82) is 0 Å². The second-order valence-corrected chi connectivity index (χ2v) is 4.11. The van der Waals surface area contributed by atoms with Crippen molar-refractivity contribution in [2.45, 2.75) is 31.7 Å². The Morgan fingerprint density at radius 3 is 2.93 bits per heavy atom. The molecule has 3 nitrogen and oxygen atoms in total. The SMILES string of the molecule is Nc1ccncc1CCC(N)C1CC1. The molecule has 76 valence electrons. The Hall–Kier alpha value is -1.09. The molecule has 0 aliphatic heterocycles. The summed E-state index contributed by atoms with van der Waals surface area (Å²) in [5.41, 5.74) is 13.8. The molecule has 1 unspecified atom stereocenters. The van der Waals surface area contributed by atoms with Gasteiger partial charge in [-0.05, 0) is 43.2 Å². The number of rotatable bonds is 4. The molecule has 1 aromatic heterocycles. The van der Waals surface area contributed by atoms with Crippen molar-refractivity contribution < 1.29 is 0 Å². The fourth-order valence-corrected chi connectivity index (χ4v) is 1.73. The van der Waals surface area contributed by atoms with Crippen LogP contribution in [0.5, 0.6) is 0 Å². The van der Waals surface area contributed by atoms with Crippen LogP contribution in [0.1, 0.15) is 24.8 Å². The average Bonchev–Trinajstić information content (AvgIpc) is 2.99. The molecule has 0 aromatic carbocycles. The predicted molar refractivity (Wildman–Crippen MR) is 57.7 cm³/mol. The summed E-state index contributed by atoms with van der Waals surface area (Å²) in [6.07, 6.45) is 8.17. The largest absolute Gasteiger partial charge is 0.398 e. The van der Waals surface area contributed by atoms with Crippen molar-refractivity contribution in [3.63, 3.8) is 0 Å². The van der Waals surface area contributed by atoms with E-state index < -0.39 is 0 Å². The fourth-order valence-electron chi connectivity index (χ4n) is 1.73. The van der Waals surface area contributed by atoms with E-state index in [1.165, 1.54) is 12.8 Å². The molecule has 3 heteroatoms. The van der Waals surface area contributed by atoms with Gasteiger partial charge in [0.25, 0.3) is 0 Å². The first kappa shape index (κ1) is 9.46. The second kappa shape index (κ2) is 3.96. The fraction of sp³-hybridized carbons (Fsp3) is 0.545. The monoisotopic (exact) mass is 191 g/mol. The van der Waals surface area contributed by atoms with Gasteiger partial charge >= 0.3 is 0 Å². The van der Waals surface area contributed by atoms with Gasteiger partial charge in [-0.25, -0.2) is 0 Å². The van der Waals surface area contributed by atoms with E-state index in [1.807, 2.05) is 12.3 Å². The first-order valence-electron chi connectivity index (χ1n) is 5.21. The summed E-state index contributed by atoms with van der Waals surface area (Å²) in [7, 11) is 0. The van der Waals surface area contributed by atoms with Crippen molar-refractivity contribution in [2.24, 2.45) is 11.7 Å². The van der Waals surface area contributed by atoms with Crippen molar-refractivity contribution in [1.82, 2.24) is 4.98 Å². The zero-order valence-corrected chi connectivity index (χ0v) is 8.32. The molecule has 0 spiro atoms. The Morgan fingerprint density at radius 1 is 1.50 bits per heavy atom. The number of nitrogens with zero attached hydrogens (tertiary/aromatic N) is 1. The lowest BCUT2D eigenvalue weighted by Gasteiger charge is -2.10.